The number of nitrogens with zero attached hydrogens (tertiary/aromatic N) is 5. The van der Waals surface area contributed by atoms with Crippen LogP contribution in [0.1, 0.15) is 52.3 Å². The summed E-state index contributed by atoms with van der Waals surface area (Å²) >= 11 is 0. The fraction of sp³-hybridized carbons (Fsp3) is 0.643. The fourth-order valence-electron chi connectivity index (χ4n) is 5.02. The highest BCUT2D eigenvalue weighted by molar-refractivity contribution is 6.06. The van der Waals surface area contributed by atoms with E-state index in [1.807, 2.05) is 25.1 Å². The minimum Gasteiger partial charge on any atom is -0.382 e. The number of likely N-dealkylation sites (N-methyl/N-ethyl adjacent to an activating group) is 1. The molecule has 3 aromatic rings. The van der Waals surface area contributed by atoms with E-state index in [2.05, 4.69) is 46.3 Å². The smallest absolute Gasteiger partial charge is 0.152 e. The fourth-order valence-corrected chi connectivity index (χ4v) is 5.02. The Labute approximate surface area is 215 Å². The second-order valence-corrected chi connectivity index (χ2v) is 10.6. The molecule has 2 aromatic heterocycles. The van der Waals surface area contributed by atoms with Gasteiger partial charge in [0.15, 0.2) is 5.82 Å². The Hall–Kier alpha value is -2.26. The first-order chi connectivity index (χ1) is 17.4. The van der Waals surface area contributed by atoms with Crippen molar-refractivity contribution in [2.24, 2.45) is 0 Å². The molecule has 0 aliphatic carbocycles. The molecule has 0 spiro atoms. The van der Waals surface area contributed by atoms with Crippen molar-refractivity contribution in [2.75, 3.05) is 58.7 Å². The molecule has 0 unspecified atom stereocenters. The predicted octanol–water partition coefficient (Wildman–Crippen LogP) is 4.31. The van der Waals surface area contributed by atoms with Crippen molar-refractivity contribution in [1.82, 2.24) is 24.3 Å². The van der Waals surface area contributed by atoms with Gasteiger partial charge in [-0.25, -0.2) is 9.97 Å². The first-order valence-electron chi connectivity index (χ1n) is 13.5. The lowest BCUT2D eigenvalue weighted by Crippen LogP contribution is -2.44. The number of imidazole rings is 1. The molecule has 3 heterocycles. The van der Waals surface area contributed by atoms with E-state index in [1.54, 1.807) is 0 Å². The van der Waals surface area contributed by atoms with Crippen molar-refractivity contribution in [3.05, 3.63) is 30.1 Å². The van der Waals surface area contributed by atoms with Gasteiger partial charge < -0.3 is 29.6 Å². The van der Waals surface area contributed by atoms with E-state index in [0.717, 1.165) is 40.8 Å². The third-order valence-electron chi connectivity index (χ3n) is 7.12. The van der Waals surface area contributed by atoms with Crippen LogP contribution in [0.4, 0.5) is 5.82 Å². The molecule has 1 aliphatic rings. The number of unbranched alkanes of at least 4 members (excludes halogenated alkanes) is 3. The molecule has 4 rings (SSSR count). The maximum Gasteiger partial charge on any atom is 0.152 e. The number of rotatable bonds is 13. The molecule has 0 bridgehead atoms. The second kappa shape index (κ2) is 12.3. The first kappa shape index (κ1) is 26.8. The number of piperazine rings is 1. The summed E-state index contributed by atoms with van der Waals surface area (Å²) in [6.45, 7) is 14.8. The standard InChI is InChI=1S/C28H44N6O2/c1-5-35-20-24-31-25-26(22-12-8-9-13-23(22)30-27(25)29)34(24)21-28(2,3)36-19-11-7-6-10-14-33-17-15-32(4)16-18-33/h8-9,12-13H,5-7,10-11,14-21H2,1-4H3,(H2,29,30). The van der Waals surface area contributed by atoms with Gasteiger partial charge in [0.2, 0.25) is 0 Å². The molecular weight excluding hydrogens is 452 g/mol. The third kappa shape index (κ3) is 6.73. The van der Waals surface area contributed by atoms with Crippen LogP contribution in [-0.2, 0) is 22.6 Å². The number of fused-ring (bicyclic) bond motifs is 3. The normalized spacial score (nSPS) is 15.9. The average Bonchev–Trinajstić information content (AvgIpc) is 3.21. The molecule has 1 fully saturated rings. The van der Waals surface area contributed by atoms with Crippen molar-refractivity contribution in [2.45, 2.75) is 65.2 Å². The van der Waals surface area contributed by atoms with Crippen LogP contribution < -0.4 is 5.73 Å². The zero-order valence-corrected chi connectivity index (χ0v) is 22.6. The van der Waals surface area contributed by atoms with Crippen molar-refractivity contribution in [3.8, 4) is 0 Å². The van der Waals surface area contributed by atoms with Crippen molar-refractivity contribution >= 4 is 27.8 Å². The van der Waals surface area contributed by atoms with Crippen LogP contribution in [0.15, 0.2) is 24.3 Å². The summed E-state index contributed by atoms with van der Waals surface area (Å²) in [7, 11) is 2.21. The zero-order chi connectivity index (χ0) is 25.5. The summed E-state index contributed by atoms with van der Waals surface area (Å²) in [5.41, 5.74) is 8.59. The van der Waals surface area contributed by atoms with E-state index in [4.69, 9.17) is 20.2 Å². The number of anilines is 1. The number of ether oxygens (including phenoxy) is 2. The SMILES string of the molecule is CCOCc1nc2c(N)nc3ccccc3c2n1CC(C)(C)OCCCCCCN1CCN(C)CC1. The molecule has 0 saturated carbocycles. The summed E-state index contributed by atoms with van der Waals surface area (Å²) in [6.07, 6.45) is 4.83. The Balaban J connectivity index is 1.35. The number of nitrogens with two attached hydrogens (primary N) is 1. The first-order valence-corrected chi connectivity index (χ1v) is 13.5. The quantitative estimate of drug-likeness (QED) is 0.353. The van der Waals surface area contributed by atoms with Crippen molar-refractivity contribution in [1.29, 1.82) is 0 Å². The van der Waals surface area contributed by atoms with Gasteiger partial charge in [0.25, 0.3) is 0 Å². The largest absolute Gasteiger partial charge is 0.382 e. The van der Waals surface area contributed by atoms with Gasteiger partial charge in [-0.1, -0.05) is 31.0 Å². The molecule has 36 heavy (non-hydrogen) atoms. The van der Waals surface area contributed by atoms with E-state index in [-0.39, 0.29) is 5.60 Å². The number of hydrogen-bond donors (Lipinski definition) is 1. The van der Waals surface area contributed by atoms with Crippen LogP contribution >= 0.6 is 0 Å². The maximum atomic E-state index is 6.41. The lowest BCUT2D eigenvalue weighted by atomic mass is 10.1. The van der Waals surface area contributed by atoms with Gasteiger partial charge in [-0.3, -0.25) is 0 Å². The summed E-state index contributed by atoms with van der Waals surface area (Å²) in [4.78, 5) is 14.4. The number of hydrogen-bond acceptors (Lipinski definition) is 7. The monoisotopic (exact) mass is 496 g/mol. The summed E-state index contributed by atoms with van der Waals surface area (Å²) in [6, 6.07) is 8.10. The minimum absolute atomic E-state index is 0.354. The molecule has 0 radical (unpaired) electrons. The van der Waals surface area contributed by atoms with Crippen LogP contribution in [0.3, 0.4) is 0 Å². The molecule has 0 amide bonds. The Morgan fingerprint density at radius 1 is 1.00 bits per heavy atom. The van der Waals surface area contributed by atoms with Gasteiger partial charge in [0.05, 0.1) is 23.2 Å². The van der Waals surface area contributed by atoms with Gasteiger partial charge in [-0.05, 0) is 53.3 Å². The Morgan fingerprint density at radius 2 is 1.75 bits per heavy atom. The van der Waals surface area contributed by atoms with E-state index in [1.165, 1.54) is 52.0 Å². The second-order valence-electron chi connectivity index (χ2n) is 10.6. The zero-order valence-electron chi connectivity index (χ0n) is 22.6. The van der Waals surface area contributed by atoms with Crippen LogP contribution in [0.5, 0.6) is 0 Å². The molecule has 8 nitrogen and oxygen atoms in total. The topological polar surface area (TPSA) is 81.7 Å². The van der Waals surface area contributed by atoms with E-state index >= 15 is 0 Å². The molecule has 1 aliphatic heterocycles. The summed E-state index contributed by atoms with van der Waals surface area (Å²) in [5.74, 6) is 1.31. The van der Waals surface area contributed by atoms with Crippen LogP contribution in [-0.4, -0.2) is 82.9 Å². The highest BCUT2D eigenvalue weighted by atomic mass is 16.5. The van der Waals surface area contributed by atoms with Gasteiger partial charge in [0.1, 0.15) is 17.9 Å². The van der Waals surface area contributed by atoms with Crippen molar-refractivity contribution in [3.63, 3.8) is 0 Å². The highest BCUT2D eigenvalue weighted by Gasteiger charge is 2.25. The van der Waals surface area contributed by atoms with E-state index in [9.17, 15) is 0 Å². The van der Waals surface area contributed by atoms with Gasteiger partial charge >= 0.3 is 0 Å². The molecular formula is C28H44N6O2. The van der Waals surface area contributed by atoms with E-state index < -0.39 is 0 Å². The van der Waals surface area contributed by atoms with Crippen molar-refractivity contribution < 1.29 is 9.47 Å². The molecule has 1 saturated heterocycles. The van der Waals surface area contributed by atoms with Gasteiger partial charge in [-0.15, -0.1) is 0 Å². The van der Waals surface area contributed by atoms with E-state index in [0.29, 0.717) is 25.6 Å². The van der Waals surface area contributed by atoms with Crippen LogP contribution in [0.25, 0.3) is 21.9 Å². The highest BCUT2D eigenvalue weighted by Crippen LogP contribution is 2.30. The molecule has 1 aromatic carbocycles. The van der Waals surface area contributed by atoms with Crippen LogP contribution in [0, 0.1) is 0 Å². The Kier molecular flexibility index (Phi) is 9.17. The number of nitrogen functional groups attached to an aromatic ring is 1. The lowest BCUT2D eigenvalue weighted by molar-refractivity contribution is -0.0316. The lowest BCUT2D eigenvalue weighted by Gasteiger charge is -2.32. The predicted molar refractivity (Wildman–Crippen MR) is 147 cm³/mol. The number of aromatic nitrogens is 3. The number of para-hydroxylation sites is 1. The van der Waals surface area contributed by atoms with Crippen LogP contribution in [0.2, 0.25) is 0 Å². The molecule has 8 heteroatoms. The minimum atomic E-state index is -0.354. The molecule has 198 valence electrons. The summed E-state index contributed by atoms with van der Waals surface area (Å²) < 4.78 is 14.4. The summed E-state index contributed by atoms with van der Waals surface area (Å²) in [5, 5.41) is 1.05. The van der Waals surface area contributed by atoms with Gasteiger partial charge in [0, 0.05) is 44.8 Å². The number of benzene rings is 1. The maximum absolute atomic E-state index is 6.41. The van der Waals surface area contributed by atoms with Gasteiger partial charge in [-0.2, -0.15) is 0 Å². The Morgan fingerprint density at radius 3 is 2.53 bits per heavy atom. The average molecular weight is 497 g/mol. The number of pyridine rings is 1. The molecule has 2 N–H and O–H groups in total. The third-order valence-corrected chi connectivity index (χ3v) is 7.12. The Bertz CT molecular complexity index is 1120. The molecule has 0 atom stereocenters.